The van der Waals surface area contributed by atoms with Crippen LogP contribution in [0.2, 0.25) is 0 Å². The summed E-state index contributed by atoms with van der Waals surface area (Å²) in [7, 11) is 0. The second-order valence-corrected chi connectivity index (χ2v) is 8.62. The minimum Gasteiger partial charge on any atom is -0.508 e. The number of aromatic hydroxyl groups is 1. The number of hydrogen-bond acceptors (Lipinski definition) is 9. The summed E-state index contributed by atoms with van der Waals surface area (Å²) in [5.41, 5.74) is 17.2. The Morgan fingerprint density at radius 3 is 1.90 bits per heavy atom. The van der Waals surface area contributed by atoms with Crippen molar-refractivity contribution in [3.05, 3.63) is 48.0 Å². The van der Waals surface area contributed by atoms with Crippen molar-refractivity contribution >= 4 is 35.5 Å². The molecule has 16 nitrogen and oxygen atoms in total. The number of nitrogens with zero attached hydrogens (tertiary/aromatic N) is 1. The molecule has 0 saturated heterocycles. The van der Waals surface area contributed by atoms with E-state index in [0.29, 0.717) is 11.3 Å². The Morgan fingerprint density at radius 2 is 1.36 bits per heavy atom. The standard InChI is InChI=1S/C23H30N8O8/c24-14(6-12-9-27-10-28-12)20(35)29-16(7-18(25)33)22(37)30-15(5-11-1-3-13(32)4-2-11)21(36)31-17(23(38)39)8-19(26)34/h1-4,9-10,14-17,32H,5-8,24H2,(H2,25,33)(H2,26,34)(H,27,28)(H,29,35)(H,30,37)(H,31,36)(H,38,39). The first-order valence-corrected chi connectivity index (χ1v) is 11.6. The normalized spacial score (nSPS) is 13.8. The number of amides is 5. The van der Waals surface area contributed by atoms with E-state index in [0.717, 1.165) is 0 Å². The van der Waals surface area contributed by atoms with Crippen molar-refractivity contribution < 1.29 is 39.0 Å². The quantitative estimate of drug-likeness (QED) is 0.106. The zero-order valence-corrected chi connectivity index (χ0v) is 20.6. The Labute approximate surface area is 221 Å². The second kappa shape index (κ2) is 14.1. The predicted molar refractivity (Wildman–Crippen MR) is 133 cm³/mol. The number of aromatic amines is 1. The minimum atomic E-state index is -1.68. The Bertz CT molecular complexity index is 1190. The molecule has 0 aliphatic carbocycles. The highest BCUT2D eigenvalue weighted by atomic mass is 16.4. The first kappa shape index (κ1) is 30.2. The molecular formula is C23H30N8O8. The number of aromatic nitrogens is 2. The number of phenols is 1. The molecule has 5 amide bonds. The maximum Gasteiger partial charge on any atom is 0.326 e. The summed E-state index contributed by atoms with van der Waals surface area (Å²) in [6.45, 7) is 0. The molecule has 0 aliphatic rings. The fourth-order valence-corrected chi connectivity index (χ4v) is 3.44. The molecule has 39 heavy (non-hydrogen) atoms. The molecule has 0 saturated carbocycles. The summed E-state index contributed by atoms with van der Waals surface area (Å²) in [4.78, 5) is 79.7. The number of primary amides is 2. The van der Waals surface area contributed by atoms with Gasteiger partial charge in [-0.25, -0.2) is 9.78 Å². The summed E-state index contributed by atoms with van der Waals surface area (Å²) in [5, 5.41) is 25.7. The van der Waals surface area contributed by atoms with E-state index in [-0.39, 0.29) is 18.6 Å². The predicted octanol–water partition coefficient (Wildman–Crippen LogP) is -3.48. The van der Waals surface area contributed by atoms with E-state index in [9.17, 15) is 39.0 Å². The number of phenolic OH excluding ortho intramolecular Hbond substituents is 1. The van der Waals surface area contributed by atoms with Crippen LogP contribution in [0.25, 0.3) is 0 Å². The van der Waals surface area contributed by atoms with Crippen LogP contribution in [-0.2, 0) is 41.6 Å². The lowest BCUT2D eigenvalue weighted by molar-refractivity contribution is -0.143. The lowest BCUT2D eigenvalue weighted by Crippen LogP contribution is -2.58. The molecule has 2 aromatic rings. The van der Waals surface area contributed by atoms with Crippen LogP contribution in [-0.4, -0.2) is 79.9 Å². The van der Waals surface area contributed by atoms with Gasteiger partial charge in [0.15, 0.2) is 0 Å². The van der Waals surface area contributed by atoms with Crippen LogP contribution in [0.5, 0.6) is 5.75 Å². The Hall–Kier alpha value is -4.99. The van der Waals surface area contributed by atoms with E-state index < -0.39 is 72.5 Å². The van der Waals surface area contributed by atoms with E-state index in [4.69, 9.17) is 17.2 Å². The number of rotatable bonds is 15. The van der Waals surface area contributed by atoms with Crippen LogP contribution in [0, 0.1) is 0 Å². The molecule has 0 aliphatic heterocycles. The van der Waals surface area contributed by atoms with E-state index >= 15 is 0 Å². The van der Waals surface area contributed by atoms with Crippen molar-refractivity contribution in [3.63, 3.8) is 0 Å². The molecule has 4 atom stereocenters. The summed E-state index contributed by atoms with van der Waals surface area (Å²) in [5.74, 6) is -6.31. The van der Waals surface area contributed by atoms with Crippen molar-refractivity contribution in [3.8, 4) is 5.75 Å². The molecule has 16 heteroatoms. The van der Waals surface area contributed by atoms with Gasteiger partial charge in [-0.3, -0.25) is 24.0 Å². The van der Waals surface area contributed by atoms with Gasteiger partial charge in [0.05, 0.1) is 25.2 Å². The molecule has 2 rings (SSSR count). The van der Waals surface area contributed by atoms with E-state index in [1.54, 1.807) is 0 Å². The number of carboxylic acids is 1. The van der Waals surface area contributed by atoms with Crippen molar-refractivity contribution in [2.75, 3.05) is 0 Å². The third-order valence-corrected chi connectivity index (χ3v) is 5.40. The molecule has 1 aromatic heterocycles. The number of carboxylic acid groups (broad SMARTS) is 1. The van der Waals surface area contributed by atoms with Crippen molar-refractivity contribution in [1.82, 2.24) is 25.9 Å². The minimum absolute atomic E-state index is 0.0407. The topological polar surface area (TPSA) is 286 Å². The van der Waals surface area contributed by atoms with Gasteiger partial charge >= 0.3 is 5.97 Å². The molecule has 0 spiro atoms. The van der Waals surface area contributed by atoms with Crippen molar-refractivity contribution in [2.45, 2.75) is 49.9 Å². The molecule has 1 heterocycles. The monoisotopic (exact) mass is 546 g/mol. The molecular weight excluding hydrogens is 516 g/mol. The average molecular weight is 547 g/mol. The zero-order valence-electron chi connectivity index (χ0n) is 20.6. The van der Waals surface area contributed by atoms with Crippen LogP contribution in [0.15, 0.2) is 36.8 Å². The Morgan fingerprint density at radius 1 is 0.821 bits per heavy atom. The molecule has 0 fully saturated rings. The summed E-state index contributed by atoms with van der Waals surface area (Å²) in [6, 6.07) is -0.215. The summed E-state index contributed by atoms with van der Waals surface area (Å²) >= 11 is 0. The number of benzene rings is 1. The van der Waals surface area contributed by atoms with Crippen molar-refractivity contribution in [2.24, 2.45) is 17.2 Å². The fourth-order valence-electron chi connectivity index (χ4n) is 3.44. The van der Waals surface area contributed by atoms with Crippen molar-refractivity contribution in [1.29, 1.82) is 0 Å². The molecule has 210 valence electrons. The van der Waals surface area contributed by atoms with E-state index in [2.05, 4.69) is 25.9 Å². The van der Waals surface area contributed by atoms with Crippen LogP contribution in [0.4, 0.5) is 0 Å². The number of carbonyl (C=O) groups is 6. The van der Waals surface area contributed by atoms with Gasteiger partial charge in [-0.1, -0.05) is 12.1 Å². The number of hydrogen-bond donors (Lipinski definition) is 9. The third kappa shape index (κ3) is 10.1. The third-order valence-electron chi connectivity index (χ3n) is 5.40. The fraction of sp³-hybridized carbons (Fsp3) is 0.348. The van der Waals surface area contributed by atoms with Gasteiger partial charge in [0, 0.05) is 24.7 Å². The van der Waals surface area contributed by atoms with Gasteiger partial charge in [-0.15, -0.1) is 0 Å². The zero-order chi connectivity index (χ0) is 29.1. The maximum absolute atomic E-state index is 13.1. The highest BCUT2D eigenvalue weighted by molar-refractivity contribution is 5.96. The molecule has 12 N–H and O–H groups in total. The van der Waals surface area contributed by atoms with Crippen LogP contribution in [0.3, 0.4) is 0 Å². The van der Waals surface area contributed by atoms with Crippen LogP contribution >= 0.6 is 0 Å². The van der Waals surface area contributed by atoms with Crippen LogP contribution in [0.1, 0.15) is 24.1 Å². The molecule has 1 aromatic carbocycles. The number of aliphatic carboxylic acids is 1. The Balaban J connectivity index is 2.23. The first-order chi connectivity index (χ1) is 18.3. The second-order valence-electron chi connectivity index (χ2n) is 8.62. The van der Waals surface area contributed by atoms with E-state index in [1.165, 1.54) is 36.8 Å². The van der Waals surface area contributed by atoms with Crippen LogP contribution < -0.4 is 33.2 Å². The van der Waals surface area contributed by atoms with Gasteiger partial charge in [-0.2, -0.15) is 0 Å². The number of H-pyrrole nitrogens is 1. The number of nitrogens with two attached hydrogens (primary N) is 3. The van der Waals surface area contributed by atoms with Gasteiger partial charge < -0.3 is 48.3 Å². The largest absolute Gasteiger partial charge is 0.508 e. The number of nitrogens with one attached hydrogen (secondary N) is 4. The SMILES string of the molecule is NC(=O)CC(NC(=O)C(Cc1ccc(O)cc1)NC(=O)C(CC(N)=O)NC(=O)C(N)Cc1cnc[nH]1)C(=O)O. The summed E-state index contributed by atoms with van der Waals surface area (Å²) in [6.07, 6.45) is 1.34. The first-order valence-electron chi connectivity index (χ1n) is 11.6. The van der Waals surface area contributed by atoms with Gasteiger partial charge in [0.25, 0.3) is 0 Å². The lowest BCUT2D eigenvalue weighted by Gasteiger charge is -2.24. The van der Waals surface area contributed by atoms with Gasteiger partial charge in [0.2, 0.25) is 29.5 Å². The van der Waals surface area contributed by atoms with Gasteiger partial charge in [-0.05, 0) is 17.7 Å². The summed E-state index contributed by atoms with van der Waals surface area (Å²) < 4.78 is 0. The Kier molecular flexibility index (Phi) is 10.9. The number of carbonyl (C=O) groups excluding carboxylic acids is 5. The van der Waals surface area contributed by atoms with E-state index in [1.807, 2.05) is 0 Å². The lowest BCUT2D eigenvalue weighted by atomic mass is 10.0. The van der Waals surface area contributed by atoms with Gasteiger partial charge in [0.1, 0.15) is 23.9 Å². The maximum atomic E-state index is 13.1. The molecule has 0 bridgehead atoms. The average Bonchev–Trinajstić information content (AvgIpc) is 3.36. The number of imidazole rings is 1. The highest BCUT2D eigenvalue weighted by Crippen LogP contribution is 2.12. The highest BCUT2D eigenvalue weighted by Gasteiger charge is 2.32. The molecule has 4 unspecified atom stereocenters. The smallest absolute Gasteiger partial charge is 0.326 e. The molecule has 0 radical (unpaired) electrons.